The summed E-state index contributed by atoms with van der Waals surface area (Å²) in [6, 6.07) is 6.02. The molecule has 0 aliphatic carbocycles. The molecule has 2 rings (SSSR count). The fraction of sp³-hybridized carbons (Fsp3) is 0.588. The van der Waals surface area contributed by atoms with Gasteiger partial charge in [-0.1, -0.05) is 13.3 Å². The van der Waals surface area contributed by atoms with Crippen molar-refractivity contribution in [2.45, 2.75) is 43.6 Å². The van der Waals surface area contributed by atoms with Crippen LogP contribution < -0.4 is 14.8 Å². The van der Waals surface area contributed by atoms with Crippen LogP contribution in [0.25, 0.3) is 0 Å². The Morgan fingerprint density at radius 1 is 1.32 bits per heavy atom. The number of benzene rings is 1. The topological polar surface area (TPSA) is 93.7 Å². The van der Waals surface area contributed by atoms with Crippen LogP contribution in [0.15, 0.2) is 29.2 Å². The molecule has 2 N–H and O–H groups in total. The molecule has 8 heteroatoms. The summed E-state index contributed by atoms with van der Waals surface area (Å²) in [6.07, 6.45) is 3.79. The van der Waals surface area contributed by atoms with Crippen LogP contribution in [0.3, 0.4) is 0 Å². The Balaban J connectivity index is 1.76. The molecule has 0 bridgehead atoms. The van der Waals surface area contributed by atoms with Crippen molar-refractivity contribution in [2.75, 3.05) is 26.3 Å². The van der Waals surface area contributed by atoms with Crippen molar-refractivity contribution >= 4 is 15.9 Å². The van der Waals surface area contributed by atoms with Crippen molar-refractivity contribution < 1.29 is 22.7 Å². The highest BCUT2D eigenvalue weighted by Crippen LogP contribution is 2.16. The van der Waals surface area contributed by atoms with Crippen molar-refractivity contribution in [1.82, 2.24) is 10.0 Å². The van der Waals surface area contributed by atoms with Crippen molar-refractivity contribution in [1.29, 1.82) is 0 Å². The van der Waals surface area contributed by atoms with Gasteiger partial charge in [-0.3, -0.25) is 4.79 Å². The lowest BCUT2D eigenvalue weighted by atomic mass is 10.2. The number of carbonyl (C=O) groups excluding carboxylic acids is 1. The molecule has 1 saturated heterocycles. The maximum atomic E-state index is 12.1. The van der Waals surface area contributed by atoms with Crippen LogP contribution in [0.2, 0.25) is 0 Å². The van der Waals surface area contributed by atoms with Crippen LogP contribution in [0.1, 0.15) is 32.6 Å². The number of nitrogens with one attached hydrogen (secondary N) is 2. The Bertz CT molecular complexity index is 640. The first-order chi connectivity index (χ1) is 12.0. The van der Waals surface area contributed by atoms with E-state index in [-0.39, 0.29) is 23.5 Å². The number of unbranched alkanes of at least 4 members (excludes halogenated alkanes) is 1. The molecule has 0 unspecified atom stereocenters. The number of hydrogen-bond acceptors (Lipinski definition) is 5. The summed E-state index contributed by atoms with van der Waals surface area (Å²) in [4.78, 5) is 11.9. The van der Waals surface area contributed by atoms with Gasteiger partial charge < -0.3 is 14.8 Å². The number of rotatable bonds is 10. The molecule has 140 valence electrons. The summed E-state index contributed by atoms with van der Waals surface area (Å²) in [5.41, 5.74) is 0. The number of hydrogen-bond donors (Lipinski definition) is 2. The Morgan fingerprint density at radius 3 is 2.72 bits per heavy atom. The molecular weight excluding hydrogens is 344 g/mol. The van der Waals surface area contributed by atoms with E-state index in [1.807, 2.05) is 6.92 Å². The first-order valence-corrected chi connectivity index (χ1v) is 10.1. The van der Waals surface area contributed by atoms with E-state index in [0.717, 1.165) is 32.3 Å². The van der Waals surface area contributed by atoms with Crippen LogP contribution in [-0.4, -0.2) is 46.7 Å². The van der Waals surface area contributed by atoms with Gasteiger partial charge in [0, 0.05) is 19.7 Å². The van der Waals surface area contributed by atoms with Gasteiger partial charge in [-0.2, -0.15) is 0 Å². The maximum absolute atomic E-state index is 12.1. The number of sulfonamides is 1. The number of amides is 1. The summed E-state index contributed by atoms with van der Waals surface area (Å²) in [6.45, 7) is 3.54. The highest BCUT2D eigenvalue weighted by Gasteiger charge is 2.16. The average molecular weight is 370 g/mol. The van der Waals surface area contributed by atoms with Gasteiger partial charge in [0.2, 0.25) is 10.0 Å². The van der Waals surface area contributed by atoms with E-state index in [9.17, 15) is 13.2 Å². The van der Waals surface area contributed by atoms with E-state index in [4.69, 9.17) is 9.47 Å². The van der Waals surface area contributed by atoms with Gasteiger partial charge in [0.1, 0.15) is 5.75 Å². The molecule has 0 aromatic heterocycles. The first-order valence-electron chi connectivity index (χ1n) is 8.62. The van der Waals surface area contributed by atoms with Crippen LogP contribution in [0, 0.1) is 0 Å². The van der Waals surface area contributed by atoms with Crippen LogP contribution in [0.4, 0.5) is 0 Å². The molecule has 25 heavy (non-hydrogen) atoms. The molecule has 1 amide bonds. The summed E-state index contributed by atoms with van der Waals surface area (Å²) in [7, 11) is -3.50. The molecule has 1 aromatic rings. The summed E-state index contributed by atoms with van der Waals surface area (Å²) in [5, 5.41) is 2.76. The zero-order chi connectivity index (χ0) is 18.1. The highest BCUT2D eigenvalue weighted by atomic mass is 32.2. The Morgan fingerprint density at radius 2 is 2.08 bits per heavy atom. The summed E-state index contributed by atoms with van der Waals surface area (Å²) < 4.78 is 37.5. The van der Waals surface area contributed by atoms with Crippen LogP contribution in [0.5, 0.6) is 5.75 Å². The van der Waals surface area contributed by atoms with Gasteiger partial charge >= 0.3 is 0 Å². The standard InChI is InChI=1S/C17H26N2O5S/c1-2-3-10-19-25(21,22)16-8-6-14(7-9-16)24-13-17(20)18-12-15-5-4-11-23-15/h6-9,15,19H,2-5,10-13H2,1H3,(H,18,20)/t15-/m1/s1. The average Bonchev–Trinajstić information content (AvgIpc) is 3.12. The van der Waals surface area contributed by atoms with E-state index < -0.39 is 10.0 Å². The van der Waals surface area contributed by atoms with E-state index in [1.165, 1.54) is 12.1 Å². The highest BCUT2D eigenvalue weighted by molar-refractivity contribution is 7.89. The molecule has 1 atom stereocenters. The Hall–Kier alpha value is -1.64. The second-order valence-electron chi connectivity index (χ2n) is 5.95. The smallest absolute Gasteiger partial charge is 0.258 e. The van der Waals surface area contributed by atoms with Gasteiger partial charge in [0.05, 0.1) is 11.0 Å². The first kappa shape index (κ1) is 19.7. The lowest BCUT2D eigenvalue weighted by Gasteiger charge is -2.11. The van der Waals surface area contributed by atoms with E-state index in [0.29, 0.717) is 18.8 Å². The van der Waals surface area contributed by atoms with Gasteiger partial charge in [-0.15, -0.1) is 0 Å². The molecule has 0 spiro atoms. The quantitative estimate of drug-likeness (QED) is 0.608. The minimum Gasteiger partial charge on any atom is -0.484 e. The predicted octanol–water partition coefficient (Wildman–Crippen LogP) is 1.44. The second-order valence-corrected chi connectivity index (χ2v) is 7.72. The molecular formula is C17H26N2O5S. The van der Waals surface area contributed by atoms with Gasteiger partial charge in [-0.25, -0.2) is 13.1 Å². The van der Waals surface area contributed by atoms with Crippen molar-refractivity contribution in [3.63, 3.8) is 0 Å². The van der Waals surface area contributed by atoms with Crippen LogP contribution in [-0.2, 0) is 19.6 Å². The monoisotopic (exact) mass is 370 g/mol. The zero-order valence-corrected chi connectivity index (χ0v) is 15.3. The predicted molar refractivity (Wildman–Crippen MR) is 94.0 cm³/mol. The lowest BCUT2D eigenvalue weighted by Crippen LogP contribution is -2.35. The molecule has 1 aliphatic rings. The Kier molecular flexibility index (Phi) is 7.67. The van der Waals surface area contributed by atoms with Crippen molar-refractivity contribution in [2.24, 2.45) is 0 Å². The Labute approximate surface area is 149 Å². The van der Waals surface area contributed by atoms with Crippen molar-refractivity contribution in [3.8, 4) is 5.75 Å². The van der Waals surface area contributed by atoms with E-state index >= 15 is 0 Å². The lowest BCUT2D eigenvalue weighted by molar-refractivity contribution is -0.123. The maximum Gasteiger partial charge on any atom is 0.258 e. The summed E-state index contributed by atoms with van der Waals surface area (Å²) in [5.74, 6) is 0.216. The minimum atomic E-state index is -3.50. The number of carbonyl (C=O) groups is 1. The molecule has 1 fully saturated rings. The second kappa shape index (κ2) is 9.74. The van der Waals surface area contributed by atoms with E-state index in [2.05, 4.69) is 10.0 Å². The number of ether oxygens (including phenoxy) is 2. The van der Waals surface area contributed by atoms with E-state index in [1.54, 1.807) is 12.1 Å². The summed E-state index contributed by atoms with van der Waals surface area (Å²) >= 11 is 0. The zero-order valence-electron chi connectivity index (χ0n) is 14.5. The molecule has 1 aliphatic heterocycles. The van der Waals surface area contributed by atoms with Gasteiger partial charge in [0.25, 0.3) is 5.91 Å². The molecule has 1 heterocycles. The fourth-order valence-electron chi connectivity index (χ4n) is 2.41. The largest absolute Gasteiger partial charge is 0.484 e. The normalized spacial score (nSPS) is 17.4. The van der Waals surface area contributed by atoms with Gasteiger partial charge in [0.15, 0.2) is 6.61 Å². The van der Waals surface area contributed by atoms with Crippen molar-refractivity contribution in [3.05, 3.63) is 24.3 Å². The molecule has 0 saturated carbocycles. The third-order valence-corrected chi connectivity index (χ3v) is 5.35. The molecule has 7 nitrogen and oxygen atoms in total. The fourth-order valence-corrected chi connectivity index (χ4v) is 3.49. The third-order valence-electron chi connectivity index (χ3n) is 3.88. The van der Waals surface area contributed by atoms with Gasteiger partial charge in [-0.05, 0) is 43.5 Å². The molecule has 1 aromatic carbocycles. The minimum absolute atomic E-state index is 0.0913. The molecule has 0 radical (unpaired) electrons. The third kappa shape index (κ3) is 6.64. The van der Waals surface area contributed by atoms with Crippen LogP contribution >= 0.6 is 0 Å². The SMILES string of the molecule is CCCCNS(=O)(=O)c1ccc(OCC(=O)NC[C@H]2CCCO2)cc1.